The SMILES string of the molecule is NC(=O)c1ccc(N)c(OC2CC2)c1. The average Bonchev–Trinajstić information content (AvgIpc) is 2.92. The molecule has 0 saturated heterocycles. The fourth-order valence-corrected chi connectivity index (χ4v) is 1.16. The highest BCUT2D eigenvalue weighted by atomic mass is 16.5. The van der Waals surface area contributed by atoms with Crippen LogP contribution < -0.4 is 16.2 Å². The number of rotatable bonds is 3. The second-order valence-corrected chi connectivity index (χ2v) is 3.43. The summed E-state index contributed by atoms with van der Waals surface area (Å²) in [7, 11) is 0. The molecule has 1 aliphatic rings. The Morgan fingerprint density at radius 3 is 2.71 bits per heavy atom. The largest absolute Gasteiger partial charge is 0.488 e. The molecule has 0 unspecified atom stereocenters. The lowest BCUT2D eigenvalue weighted by atomic mass is 10.2. The molecule has 1 aromatic carbocycles. The molecule has 4 nitrogen and oxygen atoms in total. The van der Waals surface area contributed by atoms with Gasteiger partial charge in [0.2, 0.25) is 5.91 Å². The summed E-state index contributed by atoms with van der Waals surface area (Å²) in [5.41, 5.74) is 11.8. The van der Waals surface area contributed by atoms with Crippen molar-refractivity contribution in [2.24, 2.45) is 5.73 Å². The number of ether oxygens (including phenoxy) is 1. The molecular weight excluding hydrogens is 180 g/mol. The molecule has 4 heteroatoms. The van der Waals surface area contributed by atoms with Crippen LogP contribution in [0.1, 0.15) is 23.2 Å². The smallest absolute Gasteiger partial charge is 0.248 e. The molecule has 0 spiro atoms. The number of nitrogen functional groups attached to an aromatic ring is 1. The minimum atomic E-state index is -0.467. The third kappa shape index (κ3) is 1.79. The Bertz CT molecular complexity index is 372. The number of nitrogens with two attached hydrogens (primary N) is 2. The lowest BCUT2D eigenvalue weighted by molar-refractivity contribution is 0.1000. The Balaban J connectivity index is 2.26. The van der Waals surface area contributed by atoms with E-state index in [0.717, 1.165) is 12.8 Å². The quantitative estimate of drug-likeness (QED) is 0.698. The summed E-state index contributed by atoms with van der Waals surface area (Å²) >= 11 is 0. The number of amides is 1. The first-order valence-electron chi connectivity index (χ1n) is 4.53. The normalized spacial score (nSPS) is 15.1. The fraction of sp³-hybridized carbons (Fsp3) is 0.300. The van der Waals surface area contributed by atoms with Gasteiger partial charge in [-0.2, -0.15) is 0 Å². The summed E-state index contributed by atoms with van der Waals surface area (Å²) in [4.78, 5) is 10.9. The van der Waals surface area contributed by atoms with Gasteiger partial charge in [0.1, 0.15) is 5.75 Å². The van der Waals surface area contributed by atoms with Gasteiger partial charge in [0.15, 0.2) is 0 Å². The van der Waals surface area contributed by atoms with Crippen molar-refractivity contribution in [1.29, 1.82) is 0 Å². The molecule has 0 bridgehead atoms. The van der Waals surface area contributed by atoms with Crippen LogP contribution in [0.3, 0.4) is 0 Å². The van der Waals surface area contributed by atoms with Crippen LogP contribution in [0.4, 0.5) is 5.69 Å². The van der Waals surface area contributed by atoms with Crippen molar-refractivity contribution in [3.05, 3.63) is 23.8 Å². The van der Waals surface area contributed by atoms with E-state index in [0.29, 0.717) is 17.0 Å². The van der Waals surface area contributed by atoms with Crippen LogP contribution in [0.25, 0.3) is 0 Å². The number of hydrogen-bond donors (Lipinski definition) is 2. The summed E-state index contributed by atoms with van der Waals surface area (Å²) in [6.07, 6.45) is 2.38. The topological polar surface area (TPSA) is 78.3 Å². The summed E-state index contributed by atoms with van der Waals surface area (Å²) in [5, 5.41) is 0. The van der Waals surface area contributed by atoms with Crippen LogP contribution in [-0.4, -0.2) is 12.0 Å². The standard InChI is InChI=1S/C10H12N2O2/c11-8-4-1-6(10(12)13)5-9(8)14-7-2-3-7/h1,4-5,7H,2-3,11H2,(H2,12,13). The van der Waals surface area contributed by atoms with E-state index in [1.165, 1.54) is 0 Å². The van der Waals surface area contributed by atoms with Crippen LogP contribution >= 0.6 is 0 Å². The second-order valence-electron chi connectivity index (χ2n) is 3.43. The number of benzene rings is 1. The van der Waals surface area contributed by atoms with Crippen LogP contribution in [-0.2, 0) is 0 Å². The number of primary amides is 1. The lowest BCUT2D eigenvalue weighted by Gasteiger charge is -2.08. The van der Waals surface area contributed by atoms with Gasteiger partial charge < -0.3 is 16.2 Å². The van der Waals surface area contributed by atoms with E-state index in [2.05, 4.69) is 0 Å². The zero-order valence-electron chi connectivity index (χ0n) is 7.69. The van der Waals surface area contributed by atoms with E-state index in [9.17, 15) is 4.79 Å². The molecule has 74 valence electrons. The van der Waals surface area contributed by atoms with Gasteiger partial charge in [-0.1, -0.05) is 0 Å². The number of hydrogen-bond acceptors (Lipinski definition) is 3. The molecule has 1 amide bonds. The van der Waals surface area contributed by atoms with Crippen molar-refractivity contribution in [1.82, 2.24) is 0 Å². The van der Waals surface area contributed by atoms with Gasteiger partial charge in [-0.05, 0) is 31.0 Å². The average molecular weight is 192 g/mol. The Labute approximate surface area is 81.8 Å². The first kappa shape index (κ1) is 8.87. The summed E-state index contributed by atoms with van der Waals surface area (Å²) in [5.74, 6) is 0.0921. The zero-order valence-corrected chi connectivity index (χ0v) is 7.69. The molecule has 0 atom stereocenters. The molecule has 0 aromatic heterocycles. The second kappa shape index (κ2) is 3.21. The molecule has 14 heavy (non-hydrogen) atoms. The third-order valence-electron chi connectivity index (χ3n) is 2.12. The Kier molecular flexibility index (Phi) is 2.04. The van der Waals surface area contributed by atoms with E-state index >= 15 is 0 Å². The van der Waals surface area contributed by atoms with Crippen LogP contribution in [0.5, 0.6) is 5.75 Å². The van der Waals surface area contributed by atoms with E-state index in [1.807, 2.05) is 0 Å². The number of anilines is 1. The van der Waals surface area contributed by atoms with Crippen LogP contribution in [0, 0.1) is 0 Å². The summed E-state index contributed by atoms with van der Waals surface area (Å²) in [6.45, 7) is 0. The molecule has 0 radical (unpaired) electrons. The molecule has 1 saturated carbocycles. The Morgan fingerprint density at radius 2 is 2.14 bits per heavy atom. The highest BCUT2D eigenvalue weighted by molar-refractivity contribution is 5.93. The maximum Gasteiger partial charge on any atom is 0.248 e. The maximum atomic E-state index is 10.9. The maximum absolute atomic E-state index is 10.9. The van der Waals surface area contributed by atoms with Gasteiger partial charge in [-0.15, -0.1) is 0 Å². The van der Waals surface area contributed by atoms with E-state index in [4.69, 9.17) is 16.2 Å². The van der Waals surface area contributed by atoms with Crippen LogP contribution in [0.2, 0.25) is 0 Å². The number of carbonyl (C=O) groups excluding carboxylic acids is 1. The molecule has 0 heterocycles. The van der Waals surface area contributed by atoms with Crippen molar-refractivity contribution < 1.29 is 9.53 Å². The van der Waals surface area contributed by atoms with E-state index in [-0.39, 0.29) is 6.10 Å². The number of carbonyl (C=O) groups is 1. The molecule has 4 N–H and O–H groups in total. The molecular formula is C10H12N2O2. The van der Waals surface area contributed by atoms with Gasteiger partial charge in [0, 0.05) is 5.56 Å². The first-order valence-corrected chi connectivity index (χ1v) is 4.53. The van der Waals surface area contributed by atoms with Crippen molar-refractivity contribution >= 4 is 11.6 Å². The predicted molar refractivity (Wildman–Crippen MR) is 53.0 cm³/mol. The lowest BCUT2D eigenvalue weighted by Crippen LogP contribution is -2.11. The minimum absolute atomic E-state index is 0.264. The van der Waals surface area contributed by atoms with Gasteiger partial charge in [-0.25, -0.2) is 0 Å². The predicted octanol–water partition coefficient (Wildman–Crippen LogP) is 0.909. The molecule has 1 aromatic rings. The first-order chi connectivity index (χ1) is 6.66. The molecule has 1 aliphatic carbocycles. The van der Waals surface area contributed by atoms with Gasteiger partial charge in [0.05, 0.1) is 11.8 Å². The van der Waals surface area contributed by atoms with Crippen molar-refractivity contribution in [2.45, 2.75) is 18.9 Å². The molecule has 0 aliphatic heterocycles. The molecule has 2 rings (SSSR count). The van der Waals surface area contributed by atoms with E-state index in [1.54, 1.807) is 18.2 Å². The Hall–Kier alpha value is -1.71. The fourth-order valence-electron chi connectivity index (χ4n) is 1.16. The monoisotopic (exact) mass is 192 g/mol. The van der Waals surface area contributed by atoms with Crippen molar-refractivity contribution in [3.63, 3.8) is 0 Å². The van der Waals surface area contributed by atoms with Gasteiger partial charge in [-0.3, -0.25) is 4.79 Å². The highest BCUT2D eigenvalue weighted by Gasteiger charge is 2.24. The Morgan fingerprint density at radius 1 is 1.43 bits per heavy atom. The third-order valence-corrected chi connectivity index (χ3v) is 2.12. The summed E-state index contributed by atoms with van der Waals surface area (Å²) < 4.78 is 5.51. The summed E-state index contributed by atoms with van der Waals surface area (Å²) in [6, 6.07) is 4.82. The molecule has 1 fully saturated rings. The highest BCUT2D eigenvalue weighted by Crippen LogP contribution is 2.31. The van der Waals surface area contributed by atoms with Crippen molar-refractivity contribution in [2.75, 3.05) is 5.73 Å². The van der Waals surface area contributed by atoms with E-state index < -0.39 is 5.91 Å². The van der Waals surface area contributed by atoms with Gasteiger partial charge in [0.25, 0.3) is 0 Å². The van der Waals surface area contributed by atoms with Crippen molar-refractivity contribution in [3.8, 4) is 5.75 Å². The van der Waals surface area contributed by atoms with Crippen LogP contribution in [0.15, 0.2) is 18.2 Å². The minimum Gasteiger partial charge on any atom is -0.488 e. The van der Waals surface area contributed by atoms with Gasteiger partial charge >= 0.3 is 0 Å². The zero-order chi connectivity index (χ0) is 10.1.